The average Bonchev–Trinajstić information content (AvgIpc) is 3.24. The second-order valence-corrected chi connectivity index (χ2v) is 8.50. The van der Waals surface area contributed by atoms with Crippen LogP contribution in [0.4, 0.5) is 0 Å². The van der Waals surface area contributed by atoms with E-state index in [1.165, 1.54) is 0 Å². The molecule has 31 heavy (non-hydrogen) atoms. The Morgan fingerprint density at radius 2 is 1.48 bits per heavy atom. The number of carbonyl (C=O) groups is 1. The molecule has 0 unspecified atom stereocenters. The highest BCUT2D eigenvalue weighted by Crippen LogP contribution is 2.33. The zero-order valence-corrected chi connectivity index (χ0v) is 17.9. The maximum Gasteiger partial charge on any atom is 0.235 e. The van der Waals surface area contributed by atoms with Crippen LogP contribution in [0.2, 0.25) is 0 Å². The van der Waals surface area contributed by atoms with E-state index in [1.54, 1.807) is 0 Å². The molecule has 3 aromatic carbocycles. The SMILES string of the molecule is CC(C(=O)N[C@H](CN1CC[C@H](O)C1)c1ccccc1)(c1ccccc1)c1ccccc1. The molecule has 160 valence electrons. The lowest BCUT2D eigenvalue weighted by Gasteiger charge is -2.33. The van der Waals surface area contributed by atoms with Crippen LogP contribution >= 0.6 is 0 Å². The van der Waals surface area contributed by atoms with E-state index in [0.29, 0.717) is 13.1 Å². The van der Waals surface area contributed by atoms with Gasteiger partial charge in [0.2, 0.25) is 5.91 Å². The Kier molecular flexibility index (Phi) is 6.50. The van der Waals surface area contributed by atoms with Crippen molar-refractivity contribution in [1.29, 1.82) is 0 Å². The fraction of sp³-hybridized carbons (Fsp3) is 0.296. The molecule has 1 saturated heterocycles. The summed E-state index contributed by atoms with van der Waals surface area (Å²) in [4.78, 5) is 16.1. The first-order valence-corrected chi connectivity index (χ1v) is 10.9. The van der Waals surface area contributed by atoms with Gasteiger partial charge in [-0.1, -0.05) is 91.0 Å². The Balaban J connectivity index is 1.66. The Bertz CT molecular complexity index is 936. The molecular formula is C27H30N2O2. The van der Waals surface area contributed by atoms with Crippen LogP contribution in [0.25, 0.3) is 0 Å². The molecule has 1 aliphatic heterocycles. The molecule has 0 spiro atoms. The monoisotopic (exact) mass is 414 g/mol. The molecule has 0 aromatic heterocycles. The molecule has 4 rings (SSSR count). The fourth-order valence-electron chi connectivity index (χ4n) is 4.43. The van der Waals surface area contributed by atoms with E-state index in [4.69, 9.17) is 0 Å². The second-order valence-electron chi connectivity index (χ2n) is 8.50. The van der Waals surface area contributed by atoms with Gasteiger partial charge in [0.1, 0.15) is 0 Å². The lowest BCUT2D eigenvalue weighted by molar-refractivity contribution is -0.125. The fourth-order valence-corrected chi connectivity index (χ4v) is 4.43. The highest BCUT2D eigenvalue weighted by atomic mass is 16.3. The Morgan fingerprint density at radius 3 is 1.97 bits per heavy atom. The number of carbonyl (C=O) groups excluding carboxylic acids is 1. The maximum atomic E-state index is 13.9. The molecule has 1 heterocycles. The number of rotatable bonds is 7. The smallest absolute Gasteiger partial charge is 0.235 e. The van der Waals surface area contributed by atoms with Crippen molar-refractivity contribution in [3.63, 3.8) is 0 Å². The van der Waals surface area contributed by atoms with Crippen LogP contribution in [0.1, 0.15) is 36.1 Å². The zero-order chi connectivity index (χ0) is 21.7. The summed E-state index contributed by atoms with van der Waals surface area (Å²) in [6, 6.07) is 29.8. The average molecular weight is 415 g/mol. The van der Waals surface area contributed by atoms with Gasteiger partial charge >= 0.3 is 0 Å². The highest BCUT2D eigenvalue weighted by Gasteiger charge is 2.38. The van der Waals surface area contributed by atoms with E-state index < -0.39 is 5.41 Å². The van der Waals surface area contributed by atoms with Gasteiger partial charge in [-0.2, -0.15) is 0 Å². The van der Waals surface area contributed by atoms with Gasteiger partial charge in [-0.05, 0) is 30.0 Å². The standard InChI is InChI=1S/C27H30N2O2/c1-27(22-13-7-3-8-14-22,23-15-9-4-10-16-23)26(31)28-25(21-11-5-2-6-12-21)20-29-18-17-24(30)19-29/h2-16,24-25,30H,17-20H2,1H3,(H,28,31)/t24-,25+/m0/s1. The summed E-state index contributed by atoms with van der Waals surface area (Å²) in [7, 11) is 0. The molecule has 0 aliphatic carbocycles. The molecule has 0 radical (unpaired) electrons. The summed E-state index contributed by atoms with van der Waals surface area (Å²) in [6.45, 7) is 4.16. The molecule has 1 amide bonds. The van der Waals surface area contributed by atoms with Crippen molar-refractivity contribution in [2.24, 2.45) is 0 Å². The molecule has 1 aliphatic rings. The van der Waals surface area contributed by atoms with Gasteiger partial charge < -0.3 is 10.4 Å². The van der Waals surface area contributed by atoms with Crippen LogP contribution in [0.3, 0.4) is 0 Å². The van der Waals surface area contributed by atoms with Crippen LogP contribution in [-0.4, -0.2) is 41.7 Å². The Labute approximate surface area is 184 Å². The van der Waals surface area contributed by atoms with Gasteiger partial charge in [0.15, 0.2) is 0 Å². The number of aliphatic hydroxyl groups is 1. The van der Waals surface area contributed by atoms with Crippen LogP contribution < -0.4 is 5.32 Å². The number of likely N-dealkylation sites (tertiary alicyclic amines) is 1. The third-order valence-electron chi connectivity index (χ3n) is 6.35. The first-order chi connectivity index (χ1) is 15.1. The number of benzene rings is 3. The lowest BCUT2D eigenvalue weighted by atomic mass is 9.75. The van der Waals surface area contributed by atoms with E-state index in [9.17, 15) is 9.90 Å². The van der Waals surface area contributed by atoms with Gasteiger partial charge in [-0.15, -0.1) is 0 Å². The van der Waals surface area contributed by atoms with Crippen molar-refractivity contribution in [3.8, 4) is 0 Å². The van der Waals surface area contributed by atoms with Crippen LogP contribution in [-0.2, 0) is 10.2 Å². The van der Waals surface area contributed by atoms with Crippen molar-refractivity contribution in [3.05, 3.63) is 108 Å². The first-order valence-electron chi connectivity index (χ1n) is 10.9. The predicted molar refractivity (Wildman–Crippen MR) is 124 cm³/mol. The van der Waals surface area contributed by atoms with E-state index in [0.717, 1.165) is 29.7 Å². The minimum absolute atomic E-state index is 0.0292. The predicted octanol–water partition coefficient (Wildman–Crippen LogP) is 3.92. The summed E-state index contributed by atoms with van der Waals surface area (Å²) in [5.41, 5.74) is 2.17. The van der Waals surface area contributed by atoms with Crippen molar-refractivity contribution in [2.75, 3.05) is 19.6 Å². The highest BCUT2D eigenvalue weighted by molar-refractivity contribution is 5.92. The van der Waals surface area contributed by atoms with Crippen LogP contribution in [0.15, 0.2) is 91.0 Å². The van der Waals surface area contributed by atoms with Gasteiger partial charge in [0.05, 0.1) is 17.6 Å². The van der Waals surface area contributed by atoms with Crippen molar-refractivity contribution < 1.29 is 9.90 Å². The van der Waals surface area contributed by atoms with Gasteiger partial charge in [-0.25, -0.2) is 0 Å². The lowest BCUT2D eigenvalue weighted by Crippen LogP contribution is -2.47. The number of nitrogens with zero attached hydrogens (tertiary/aromatic N) is 1. The van der Waals surface area contributed by atoms with Crippen molar-refractivity contribution >= 4 is 5.91 Å². The topological polar surface area (TPSA) is 52.6 Å². The molecular weight excluding hydrogens is 384 g/mol. The number of β-amino-alcohol motifs (C(OH)–C–C–N with tert-alkyl or cyclic N) is 1. The largest absolute Gasteiger partial charge is 0.392 e. The van der Waals surface area contributed by atoms with Crippen molar-refractivity contribution in [1.82, 2.24) is 10.2 Å². The number of nitrogens with one attached hydrogen (secondary N) is 1. The van der Waals surface area contributed by atoms with Gasteiger partial charge in [-0.3, -0.25) is 9.69 Å². The summed E-state index contributed by atoms with van der Waals surface area (Å²) in [6.07, 6.45) is 0.493. The van der Waals surface area contributed by atoms with E-state index in [-0.39, 0.29) is 18.1 Å². The van der Waals surface area contributed by atoms with Crippen LogP contribution in [0, 0.1) is 0 Å². The summed E-state index contributed by atoms with van der Waals surface area (Å²) < 4.78 is 0. The number of aliphatic hydroxyl groups excluding tert-OH is 1. The summed E-state index contributed by atoms with van der Waals surface area (Å²) in [5, 5.41) is 13.3. The molecule has 0 bridgehead atoms. The maximum absolute atomic E-state index is 13.9. The van der Waals surface area contributed by atoms with Gasteiger partial charge in [0, 0.05) is 19.6 Å². The molecule has 4 heteroatoms. The third-order valence-corrected chi connectivity index (χ3v) is 6.35. The Morgan fingerprint density at radius 1 is 0.968 bits per heavy atom. The first kappa shape index (κ1) is 21.3. The molecule has 3 aromatic rings. The molecule has 2 atom stereocenters. The number of hydrogen-bond acceptors (Lipinski definition) is 3. The van der Waals surface area contributed by atoms with E-state index in [2.05, 4.69) is 22.3 Å². The van der Waals surface area contributed by atoms with E-state index in [1.807, 2.05) is 85.8 Å². The molecule has 4 nitrogen and oxygen atoms in total. The van der Waals surface area contributed by atoms with Crippen LogP contribution in [0.5, 0.6) is 0 Å². The summed E-state index contributed by atoms with van der Waals surface area (Å²) >= 11 is 0. The van der Waals surface area contributed by atoms with Crippen molar-refractivity contribution in [2.45, 2.75) is 30.9 Å². The summed E-state index contributed by atoms with van der Waals surface area (Å²) in [5.74, 6) is -0.0292. The number of hydrogen-bond donors (Lipinski definition) is 2. The third kappa shape index (κ3) is 4.71. The van der Waals surface area contributed by atoms with Gasteiger partial charge in [0.25, 0.3) is 0 Å². The zero-order valence-electron chi connectivity index (χ0n) is 17.9. The molecule has 0 saturated carbocycles. The minimum atomic E-state index is -0.819. The number of amides is 1. The Hall–Kier alpha value is -2.95. The minimum Gasteiger partial charge on any atom is -0.392 e. The normalized spacial score (nSPS) is 17.9. The van der Waals surface area contributed by atoms with E-state index >= 15 is 0 Å². The molecule has 1 fully saturated rings. The molecule has 2 N–H and O–H groups in total. The quantitative estimate of drug-likeness (QED) is 0.616. The second kappa shape index (κ2) is 9.46.